The SMILES string of the molecule is COc1ccc(-n2nc(-c3ccccc3)c3c2N(CC(=O)N2CCOCC2)C(=O)CSC3c2ccc(F)cc2)cc1. The lowest BCUT2D eigenvalue weighted by molar-refractivity contribution is -0.134. The molecule has 1 aromatic heterocycles. The average molecular weight is 573 g/mol. The van der Waals surface area contributed by atoms with Crippen molar-refractivity contribution in [1.82, 2.24) is 14.7 Å². The predicted octanol–water partition coefficient (Wildman–Crippen LogP) is 4.72. The highest BCUT2D eigenvalue weighted by Crippen LogP contribution is 2.48. The highest BCUT2D eigenvalue weighted by atomic mass is 32.2. The van der Waals surface area contributed by atoms with Crippen molar-refractivity contribution in [3.63, 3.8) is 0 Å². The molecule has 0 bridgehead atoms. The molecule has 8 nitrogen and oxygen atoms in total. The van der Waals surface area contributed by atoms with E-state index in [0.29, 0.717) is 49.3 Å². The van der Waals surface area contributed by atoms with Gasteiger partial charge in [-0.2, -0.15) is 5.10 Å². The number of benzene rings is 3. The topological polar surface area (TPSA) is 76.9 Å². The molecule has 0 spiro atoms. The van der Waals surface area contributed by atoms with Crippen molar-refractivity contribution in [3.8, 4) is 22.7 Å². The van der Waals surface area contributed by atoms with Gasteiger partial charge in [-0.05, 0) is 42.0 Å². The first-order valence-electron chi connectivity index (χ1n) is 13.4. The van der Waals surface area contributed by atoms with Crippen LogP contribution in [0.5, 0.6) is 5.75 Å². The number of carbonyl (C=O) groups is 2. The van der Waals surface area contributed by atoms with Gasteiger partial charge in [0.2, 0.25) is 11.8 Å². The van der Waals surface area contributed by atoms with Gasteiger partial charge in [-0.25, -0.2) is 9.07 Å². The zero-order chi connectivity index (χ0) is 28.3. The highest BCUT2D eigenvalue weighted by molar-refractivity contribution is 8.00. The summed E-state index contributed by atoms with van der Waals surface area (Å²) in [6.07, 6.45) is 0. The molecule has 3 aromatic carbocycles. The highest BCUT2D eigenvalue weighted by Gasteiger charge is 2.38. The van der Waals surface area contributed by atoms with Crippen LogP contribution >= 0.6 is 11.8 Å². The van der Waals surface area contributed by atoms with E-state index in [1.807, 2.05) is 54.6 Å². The summed E-state index contributed by atoms with van der Waals surface area (Å²) in [6.45, 7) is 1.77. The van der Waals surface area contributed by atoms with E-state index in [0.717, 1.165) is 16.7 Å². The maximum Gasteiger partial charge on any atom is 0.242 e. The third kappa shape index (κ3) is 5.45. The zero-order valence-electron chi connectivity index (χ0n) is 22.5. The van der Waals surface area contributed by atoms with Gasteiger partial charge in [0.25, 0.3) is 0 Å². The van der Waals surface area contributed by atoms with Gasteiger partial charge in [0.1, 0.15) is 23.9 Å². The van der Waals surface area contributed by atoms with Crippen molar-refractivity contribution in [2.24, 2.45) is 0 Å². The second kappa shape index (κ2) is 11.8. The maximum absolute atomic E-state index is 14.0. The lowest BCUT2D eigenvalue weighted by Crippen LogP contribution is -2.48. The summed E-state index contributed by atoms with van der Waals surface area (Å²) in [5, 5.41) is 4.74. The van der Waals surface area contributed by atoms with E-state index in [-0.39, 0.29) is 35.2 Å². The summed E-state index contributed by atoms with van der Waals surface area (Å²) in [5.74, 6) is 0.673. The molecule has 1 atom stereocenters. The Balaban J connectivity index is 1.57. The van der Waals surface area contributed by atoms with E-state index in [4.69, 9.17) is 14.6 Å². The number of nitrogens with zero attached hydrogens (tertiary/aromatic N) is 4. The largest absolute Gasteiger partial charge is 0.497 e. The molecule has 0 saturated carbocycles. The van der Waals surface area contributed by atoms with Crippen molar-refractivity contribution >= 4 is 29.4 Å². The van der Waals surface area contributed by atoms with Crippen molar-refractivity contribution in [1.29, 1.82) is 0 Å². The Morgan fingerprint density at radius 2 is 1.73 bits per heavy atom. The number of anilines is 1. The molecule has 0 aliphatic carbocycles. The van der Waals surface area contributed by atoms with Crippen LogP contribution in [-0.4, -0.2) is 72.2 Å². The van der Waals surface area contributed by atoms with Gasteiger partial charge < -0.3 is 14.4 Å². The Morgan fingerprint density at radius 1 is 1.02 bits per heavy atom. The molecule has 210 valence electrons. The molecule has 2 aliphatic rings. The van der Waals surface area contributed by atoms with Gasteiger partial charge >= 0.3 is 0 Å². The molecular weight excluding hydrogens is 543 g/mol. The fourth-order valence-corrected chi connectivity index (χ4v) is 6.38. The number of aromatic nitrogens is 2. The lowest BCUT2D eigenvalue weighted by atomic mass is 9.99. The lowest BCUT2D eigenvalue weighted by Gasteiger charge is -2.30. The Bertz CT molecular complexity index is 1540. The first-order chi connectivity index (χ1) is 20.0. The van der Waals surface area contributed by atoms with Crippen LogP contribution in [0, 0.1) is 5.82 Å². The predicted molar refractivity (Wildman–Crippen MR) is 156 cm³/mol. The second-order valence-corrected chi connectivity index (χ2v) is 10.9. The summed E-state index contributed by atoms with van der Waals surface area (Å²) in [6, 6.07) is 23.5. The Kier molecular flexibility index (Phi) is 7.76. The second-order valence-electron chi connectivity index (χ2n) is 9.78. The number of fused-ring (bicyclic) bond motifs is 1. The maximum atomic E-state index is 14.0. The number of thioether (sulfide) groups is 1. The van der Waals surface area contributed by atoms with E-state index in [1.54, 1.807) is 33.7 Å². The van der Waals surface area contributed by atoms with Crippen LogP contribution in [0.1, 0.15) is 16.4 Å². The van der Waals surface area contributed by atoms with Crippen LogP contribution < -0.4 is 9.64 Å². The quantitative estimate of drug-likeness (QED) is 0.333. The van der Waals surface area contributed by atoms with E-state index >= 15 is 0 Å². The standard InChI is InChI=1S/C31H29FN4O4S/c1-39-25-13-11-24(12-14-25)36-31-28(29(33-36)21-5-3-2-4-6-21)30(22-7-9-23(32)10-8-22)41-20-27(38)35(31)19-26(37)34-15-17-40-18-16-34/h2-14,30H,15-20H2,1H3. The molecule has 3 heterocycles. The molecule has 1 fully saturated rings. The van der Waals surface area contributed by atoms with Crippen molar-refractivity contribution < 1.29 is 23.5 Å². The van der Waals surface area contributed by atoms with Gasteiger partial charge in [-0.15, -0.1) is 11.8 Å². The van der Waals surface area contributed by atoms with Crippen LogP contribution in [-0.2, 0) is 14.3 Å². The summed E-state index contributed by atoms with van der Waals surface area (Å²) >= 11 is 1.45. The summed E-state index contributed by atoms with van der Waals surface area (Å²) in [5.41, 5.74) is 3.92. The van der Waals surface area contributed by atoms with Crippen LogP contribution in [0.2, 0.25) is 0 Å². The smallest absolute Gasteiger partial charge is 0.242 e. The Labute approximate surface area is 241 Å². The molecule has 1 saturated heterocycles. The monoisotopic (exact) mass is 572 g/mol. The average Bonchev–Trinajstić information content (AvgIpc) is 3.35. The van der Waals surface area contributed by atoms with Crippen molar-refractivity contribution in [2.45, 2.75) is 5.25 Å². The molecule has 41 heavy (non-hydrogen) atoms. The summed E-state index contributed by atoms with van der Waals surface area (Å²) in [7, 11) is 1.60. The van der Waals surface area contributed by atoms with Crippen molar-refractivity contribution in [2.75, 3.05) is 50.6 Å². The van der Waals surface area contributed by atoms with E-state index in [1.165, 1.54) is 23.9 Å². The number of ether oxygens (including phenoxy) is 2. The van der Waals surface area contributed by atoms with Crippen LogP contribution in [0.4, 0.5) is 10.2 Å². The van der Waals surface area contributed by atoms with Gasteiger partial charge in [0.05, 0.1) is 42.7 Å². The molecule has 4 aromatic rings. The van der Waals surface area contributed by atoms with Crippen LogP contribution in [0.15, 0.2) is 78.9 Å². The molecule has 10 heteroatoms. The molecular formula is C31H29FN4O4S. The third-order valence-electron chi connectivity index (χ3n) is 7.28. The molecule has 2 amide bonds. The van der Waals surface area contributed by atoms with Gasteiger partial charge in [0, 0.05) is 24.2 Å². The molecule has 6 rings (SSSR count). The molecule has 0 radical (unpaired) electrons. The van der Waals surface area contributed by atoms with E-state index in [9.17, 15) is 14.0 Å². The molecule has 2 aliphatic heterocycles. The van der Waals surface area contributed by atoms with Gasteiger partial charge in [-0.1, -0.05) is 42.5 Å². The van der Waals surface area contributed by atoms with Gasteiger partial charge in [-0.3, -0.25) is 14.5 Å². The molecule has 0 N–H and O–H groups in total. The van der Waals surface area contributed by atoms with Crippen LogP contribution in [0.3, 0.4) is 0 Å². The number of carbonyl (C=O) groups excluding carboxylic acids is 2. The summed E-state index contributed by atoms with van der Waals surface area (Å²) < 4.78 is 26.5. The van der Waals surface area contributed by atoms with E-state index in [2.05, 4.69) is 0 Å². The Hall–Kier alpha value is -4.15. The zero-order valence-corrected chi connectivity index (χ0v) is 23.4. The number of rotatable bonds is 6. The fourth-order valence-electron chi connectivity index (χ4n) is 5.18. The minimum absolute atomic E-state index is 0.126. The minimum atomic E-state index is -0.335. The van der Waals surface area contributed by atoms with E-state index < -0.39 is 0 Å². The number of morpholine rings is 1. The van der Waals surface area contributed by atoms with Crippen LogP contribution in [0.25, 0.3) is 16.9 Å². The number of hydrogen-bond donors (Lipinski definition) is 0. The normalized spacial score (nSPS) is 17.2. The summed E-state index contributed by atoms with van der Waals surface area (Å²) in [4.78, 5) is 30.7. The Morgan fingerprint density at radius 3 is 2.41 bits per heavy atom. The third-order valence-corrected chi connectivity index (χ3v) is 8.54. The number of methoxy groups -OCH3 is 1. The van der Waals surface area contributed by atoms with Crippen molar-refractivity contribution in [3.05, 3.63) is 95.8 Å². The van der Waals surface area contributed by atoms with Gasteiger partial charge in [0.15, 0.2) is 0 Å². The number of hydrogen-bond acceptors (Lipinski definition) is 6. The first kappa shape index (κ1) is 27.0. The number of halogens is 1. The fraction of sp³-hybridized carbons (Fsp3) is 0.258. The number of amides is 2. The first-order valence-corrected chi connectivity index (χ1v) is 14.4. The minimum Gasteiger partial charge on any atom is -0.497 e. The molecule has 1 unspecified atom stereocenters.